The molecule has 6 heteroatoms. The number of carbonyl (C=O) groups excluding carboxylic acids is 2. The second kappa shape index (κ2) is 4.44. The Kier molecular flexibility index (Phi) is 3.15. The number of thiazole rings is 1. The summed E-state index contributed by atoms with van der Waals surface area (Å²) in [5, 5.41) is 2.72. The van der Waals surface area contributed by atoms with Gasteiger partial charge in [-0.2, -0.15) is 0 Å². The first-order chi connectivity index (χ1) is 8.02. The van der Waals surface area contributed by atoms with Crippen molar-refractivity contribution in [1.29, 1.82) is 0 Å². The van der Waals surface area contributed by atoms with Crippen LogP contribution in [0.25, 0.3) is 0 Å². The molecular weight excluding hydrogens is 238 g/mol. The van der Waals surface area contributed by atoms with Crippen molar-refractivity contribution >= 4 is 23.2 Å². The van der Waals surface area contributed by atoms with Crippen molar-refractivity contribution in [3.8, 4) is 0 Å². The third kappa shape index (κ3) is 2.04. The van der Waals surface area contributed by atoms with Crippen LogP contribution in [0.5, 0.6) is 0 Å². The van der Waals surface area contributed by atoms with Gasteiger partial charge in [-0.05, 0) is 13.8 Å². The smallest absolute Gasteiger partial charge is 0.246 e. The Morgan fingerprint density at radius 3 is 2.59 bits per heavy atom. The summed E-state index contributed by atoms with van der Waals surface area (Å²) in [6, 6.07) is -0.800. The van der Waals surface area contributed by atoms with E-state index in [1.54, 1.807) is 32.0 Å². The van der Waals surface area contributed by atoms with Crippen LogP contribution in [0.2, 0.25) is 0 Å². The van der Waals surface area contributed by atoms with Crippen LogP contribution in [0.1, 0.15) is 18.9 Å². The van der Waals surface area contributed by atoms with E-state index in [1.165, 1.54) is 16.2 Å². The molecule has 0 saturated carbocycles. The van der Waals surface area contributed by atoms with E-state index in [-0.39, 0.29) is 11.8 Å². The van der Waals surface area contributed by atoms with Crippen LogP contribution in [0.3, 0.4) is 0 Å². The van der Waals surface area contributed by atoms with E-state index in [9.17, 15) is 9.59 Å². The zero-order valence-electron chi connectivity index (χ0n) is 10.1. The van der Waals surface area contributed by atoms with Gasteiger partial charge in [-0.25, -0.2) is 4.98 Å². The van der Waals surface area contributed by atoms with Crippen molar-refractivity contribution in [2.45, 2.75) is 32.5 Å². The predicted octanol–water partition coefficient (Wildman–Crippen LogP) is 0.721. The van der Waals surface area contributed by atoms with Gasteiger partial charge in [0.2, 0.25) is 11.8 Å². The number of hydrogen-bond donors (Lipinski definition) is 0. The van der Waals surface area contributed by atoms with Gasteiger partial charge in [-0.3, -0.25) is 9.59 Å². The predicted molar refractivity (Wildman–Crippen MR) is 64.4 cm³/mol. The van der Waals surface area contributed by atoms with Crippen LogP contribution in [0.15, 0.2) is 11.6 Å². The topological polar surface area (TPSA) is 53.5 Å². The molecule has 1 aromatic rings. The molecule has 0 aromatic carbocycles. The summed E-state index contributed by atoms with van der Waals surface area (Å²) in [5.41, 5.74) is 0. The maximum Gasteiger partial charge on any atom is 0.246 e. The van der Waals surface area contributed by atoms with Crippen molar-refractivity contribution in [3.63, 3.8) is 0 Å². The van der Waals surface area contributed by atoms with Gasteiger partial charge in [0.15, 0.2) is 0 Å². The number of carbonyl (C=O) groups is 2. The van der Waals surface area contributed by atoms with Gasteiger partial charge in [-0.15, -0.1) is 11.3 Å². The fourth-order valence-electron chi connectivity index (χ4n) is 1.91. The number of nitrogens with zero attached hydrogens (tertiary/aromatic N) is 3. The molecule has 17 heavy (non-hydrogen) atoms. The minimum Gasteiger partial charge on any atom is -0.332 e. The van der Waals surface area contributed by atoms with Crippen molar-refractivity contribution < 1.29 is 9.59 Å². The lowest BCUT2D eigenvalue weighted by atomic mass is 10.1. The van der Waals surface area contributed by atoms with Gasteiger partial charge in [0.05, 0.1) is 6.54 Å². The van der Waals surface area contributed by atoms with E-state index in [4.69, 9.17) is 0 Å². The van der Waals surface area contributed by atoms with Crippen LogP contribution in [0, 0.1) is 0 Å². The van der Waals surface area contributed by atoms with Crippen LogP contribution < -0.4 is 0 Å². The second-order valence-corrected chi connectivity index (χ2v) is 5.17. The first-order valence-electron chi connectivity index (χ1n) is 5.48. The Hall–Kier alpha value is -1.43. The molecule has 2 atom stereocenters. The van der Waals surface area contributed by atoms with Gasteiger partial charge >= 0.3 is 0 Å². The summed E-state index contributed by atoms with van der Waals surface area (Å²) < 4.78 is 0. The van der Waals surface area contributed by atoms with Crippen LogP contribution in [-0.2, 0) is 16.1 Å². The minimum absolute atomic E-state index is 0.0187. The zero-order chi connectivity index (χ0) is 12.6. The number of rotatable bonds is 2. The highest BCUT2D eigenvalue weighted by atomic mass is 32.1. The molecule has 0 aliphatic carbocycles. The lowest BCUT2D eigenvalue weighted by Crippen LogP contribution is -2.61. The highest BCUT2D eigenvalue weighted by Crippen LogP contribution is 2.19. The first kappa shape index (κ1) is 12.0. The number of likely N-dealkylation sites (N-methyl/N-ethyl adjacent to an activating group) is 1. The molecule has 1 aliphatic heterocycles. The van der Waals surface area contributed by atoms with Crippen LogP contribution in [0.4, 0.5) is 0 Å². The molecule has 0 spiro atoms. The molecule has 2 rings (SSSR count). The Morgan fingerprint density at radius 2 is 2.00 bits per heavy atom. The molecular formula is C11H15N3O2S. The lowest BCUT2D eigenvalue weighted by molar-refractivity contribution is -0.159. The second-order valence-electron chi connectivity index (χ2n) is 4.19. The van der Waals surface area contributed by atoms with Gasteiger partial charge in [0.25, 0.3) is 0 Å². The van der Waals surface area contributed by atoms with Gasteiger partial charge in [-0.1, -0.05) is 0 Å². The number of aromatic nitrogens is 1. The summed E-state index contributed by atoms with van der Waals surface area (Å²) in [5.74, 6) is -0.0385. The SMILES string of the molecule is C[C@H]1C(=O)N(Cc2nccs2)[C@@H](C)C(=O)N1C. The Labute approximate surface area is 104 Å². The molecule has 0 unspecified atom stereocenters. The molecule has 2 heterocycles. The van der Waals surface area contributed by atoms with Crippen molar-refractivity contribution in [3.05, 3.63) is 16.6 Å². The first-order valence-corrected chi connectivity index (χ1v) is 6.36. The molecule has 1 fully saturated rings. The van der Waals surface area contributed by atoms with Crippen molar-refractivity contribution in [2.75, 3.05) is 7.05 Å². The molecule has 0 radical (unpaired) electrons. The van der Waals surface area contributed by atoms with Crippen molar-refractivity contribution in [1.82, 2.24) is 14.8 Å². The monoisotopic (exact) mass is 253 g/mol. The minimum atomic E-state index is -0.410. The van der Waals surface area contributed by atoms with E-state index < -0.39 is 12.1 Å². The van der Waals surface area contributed by atoms with Crippen LogP contribution in [-0.4, -0.2) is 45.7 Å². The molecule has 1 aliphatic rings. The maximum absolute atomic E-state index is 12.1. The number of amides is 2. The number of piperazine rings is 1. The average Bonchev–Trinajstić information content (AvgIpc) is 2.82. The van der Waals surface area contributed by atoms with E-state index in [1.807, 2.05) is 5.38 Å². The molecule has 92 valence electrons. The van der Waals surface area contributed by atoms with E-state index >= 15 is 0 Å². The van der Waals surface area contributed by atoms with E-state index in [2.05, 4.69) is 4.98 Å². The normalized spacial score (nSPS) is 25.6. The number of hydrogen-bond acceptors (Lipinski definition) is 4. The molecule has 0 bridgehead atoms. The fourth-order valence-corrected chi connectivity index (χ4v) is 2.52. The highest BCUT2D eigenvalue weighted by Gasteiger charge is 2.39. The molecule has 1 aromatic heterocycles. The molecule has 1 saturated heterocycles. The van der Waals surface area contributed by atoms with Crippen LogP contribution >= 0.6 is 11.3 Å². The molecule has 0 N–H and O–H groups in total. The van der Waals surface area contributed by atoms with Gasteiger partial charge in [0, 0.05) is 18.6 Å². The summed E-state index contributed by atoms with van der Waals surface area (Å²) >= 11 is 1.49. The highest BCUT2D eigenvalue weighted by molar-refractivity contribution is 7.09. The maximum atomic E-state index is 12.1. The Morgan fingerprint density at radius 1 is 1.29 bits per heavy atom. The largest absolute Gasteiger partial charge is 0.332 e. The molecule has 5 nitrogen and oxygen atoms in total. The standard InChI is InChI=1S/C11H15N3O2S/c1-7-11(16)14(6-9-12-4-5-17-9)8(2)10(15)13(7)3/h4-5,7-8H,6H2,1-3H3/t7-,8-/m0/s1. The molecule has 2 amide bonds. The summed E-state index contributed by atoms with van der Waals surface area (Å²) in [6.45, 7) is 3.93. The zero-order valence-corrected chi connectivity index (χ0v) is 10.9. The summed E-state index contributed by atoms with van der Waals surface area (Å²) in [4.78, 5) is 31.3. The van der Waals surface area contributed by atoms with Gasteiger partial charge < -0.3 is 9.80 Å². The van der Waals surface area contributed by atoms with E-state index in [0.717, 1.165) is 5.01 Å². The summed E-state index contributed by atoms with van der Waals surface area (Å²) in [7, 11) is 1.67. The lowest BCUT2D eigenvalue weighted by Gasteiger charge is -2.40. The third-order valence-corrected chi connectivity index (χ3v) is 3.95. The summed E-state index contributed by atoms with van der Waals surface area (Å²) in [6.07, 6.45) is 1.70. The average molecular weight is 253 g/mol. The van der Waals surface area contributed by atoms with Crippen molar-refractivity contribution in [2.24, 2.45) is 0 Å². The van der Waals surface area contributed by atoms with Gasteiger partial charge in [0.1, 0.15) is 17.1 Å². The Bertz CT molecular complexity index is 432. The fraction of sp³-hybridized carbons (Fsp3) is 0.545. The van der Waals surface area contributed by atoms with E-state index in [0.29, 0.717) is 6.54 Å². The third-order valence-electron chi connectivity index (χ3n) is 3.18. The Balaban J connectivity index is 2.20. The quantitative estimate of drug-likeness (QED) is 0.780.